The first-order valence-electron chi connectivity index (χ1n) is 24.5. The Kier molecular flexibility index (Phi) is 26.9. The van der Waals surface area contributed by atoms with Crippen LogP contribution in [0.3, 0.4) is 0 Å². The maximum Gasteiger partial charge on any atom is 0.323 e. The number of nitrogens with one attached hydrogen (secondary N) is 7. The highest BCUT2D eigenvalue weighted by molar-refractivity contribution is 8.17. The molecule has 434 valence electrons. The van der Waals surface area contributed by atoms with Crippen molar-refractivity contribution < 1.29 is 23.9 Å². The zero-order chi connectivity index (χ0) is 60.3. The maximum absolute atomic E-state index is 10.6. The lowest BCUT2D eigenvalue weighted by molar-refractivity contribution is -0.149. The molecule has 7 N–H and O–H groups in total. The number of rotatable bonds is 0. The zero-order valence-corrected chi connectivity index (χ0v) is 53.2. The number of hydrogen-bond acceptors (Lipinski definition) is 23. The first-order chi connectivity index (χ1) is 34.6. The van der Waals surface area contributed by atoms with Crippen molar-refractivity contribution in [3.8, 4) is 0 Å². The molecule has 5 aliphatic rings. The molecule has 0 amide bonds. The summed E-state index contributed by atoms with van der Waals surface area (Å²) in [4.78, 5) is 46.0. The zero-order valence-electron chi connectivity index (χ0n) is 50.7. The van der Waals surface area contributed by atoms with Crippen LogP contribution in [0.15, 0.2) is 91.3 Å². The molecule has 0 atom stereocenters. The van der Waals surface area contributed by atoms with E-state index in [0.717, 1.165) is 50.0 Å². The van der Waals surface area contributed by atoms with Gasteiger partial charge in [-0.2, -0.15) is 24.7 Å². The number of amidine groups is 1. The summed E-state index contributed by atoms with van der Waals surface area (Å²) in [7, 11) is 1.40. The Morgan fingerprint density at radius 2 is 1.16 bits per heavy atom. The number of nitrogens with zero attached hydrogens (tertiary/aromatic N) is 9. The summed E-state index contributed by atoms with van der Waals surface area (Å²) < 4.78 is 16.6. The highest BCUT2D eigenvalue weighted by atomic mass is 32.2. The van der Waals surface area contributed by atoms with Crippen molar-refractivity contribution in [2.45, 2.75) is 177 Å². The molecule has 7 rings (SSSR count). The van der Waals surface area contributed by atoms with Crippen LogP contribution < -0.4 is 31.4 Å². The summed E-state index contributed by atoms with van der Waals surface area (Å²) >= 11 is 4.14. The Bertz CT molecular complexity index is 2370. The number of aromatic amines is 2. The van der Waals surface area contributed by atoms with Crippen molar-refractivity contribution in [1.82, 2.24) is 56.5 Å². The normalized spacial score (nSPS) is 15.9. The Hall–Kier alpha value is -5.95. The van der Waals surface area contributed by atoms with Gasteiger partial charge in [-0.05, 0) is 33.9 Å². The van der Waals surface area contributed by atoms with E-state index in [-0.39, 0.29) is 54.2 Å². The first-order valence-corrected chi connectivity index (χ1v) is 26.9. The molecule has 5 aliphatic heterocycles. The average Bonchev–Trinajstić information content (AvgIpc) is 4.10. The number of methoxy groups -OCH3 is 1. The van der Waals surface area contributed by atoms with Crippen LogP contribution in [-0.4, -0.2) is 70.8 Å². The van der Waals surface area contributed by atoms with Crippen LogP contribution >= 0.6 is 35.2 Å². The number of carbonyl (C=O) groups excluding carboxylic acids is 1. The molecule has 0 unspecified atom stereocenters. The van der Waals surface area contributed by atoms with E-state index >= 15 is 0 Å². The van der Waals surface area contributed by atoms with E-state index in [0.29, 0.717) is 29.4 Å². The van der Waals surface area contributed by atoms with Gasteiger partial charge in [0.25, 0.3) is 0 Å². The van der Waals surface area contributed by atoms with Gasteiger partial charge in [0, 0.05) is 61.4 Å². The second-order valence-corrected chi connectivity index (χ2v) is 28.1. The maximum atomic E-state index is 10.6. The van der Waals surface area contributed by atoms with E-state index in [1.54, 1.807) is 23.7 Å². The molecular weight excluding hydrogens is 1040 g/mol. The predicted molar refractivity (Wildman–Crippen MR) is 320 cm³/mol. The third kappa shape index (κ3) is 29.4. The summed E-state index contributed by atoms with van der Waals surface area (Å²) in [6, 6.07) is 0. The largest absolute Gasteiger partial charge is 0.469 e. The van der Waals surface area contributed by atoms with Gasteiger partial charge >= 0.3 is 10.8 Å². The lowest BCUT2D eigenvalue weighted by Crippen LogP contribution is -2.30. The molecular formula is C52H92N16O6S3. The summed E-state index contributed by atoms with van der Waals surface area (Å²) in [6.45, 7) is 67.0. The quantitative estimate of drug-likeness (QED) is 0.0954. The van der Waals surface area contributed by atoms with Gasteiger partial charge in [-0.25, -0.2) is 21.4 Å². The molecule has 2 aromatic rings. The van der Waals surface area contributed by atoms with Gasteiger partial charge in [-0.1, -0.05) is 182 Å². The fourth-order valence-electron chi connectivity index (χ4n) is 4.32. The minimum absolute atomic E-state index is 0.00694. The Balaban J connectivity index is 0.000000858. The molecule has 0 spiro atoms. The van der Waals surface area contributed by atoms with Crippen LogP contribution in [-0.2, 0) is 34.8 Å². The van der Waals surface area contributed by atoms with Crippen molar-refractivity contribution in [2.75, 3.05) is 7.11 Å². The van der Waals surface area contributed by atoms with Gasteiger partial charge in [-0.3, -0.25) is 20.0 Å². The molecule has 0 saturated heterocycles. The van der Waals surface area contributed by atoms with Crippen LogP contribution in [0.4, 0.5) is 0 Å². The molecule has 0 aromatic carbocycles. The monoisotopic (exact) mass is 1130 g/mol. The number of aromatic nitrogens is 6. The van der Waals surface area contributed by atoms with Gasteiger partial charge in [-0.15, -0.1) is 15.3 Å². The number of hydrogen-bond donors (Lipinski definition) is 7. The minimum Gasteiger partial charge on any atom is -0.469 e. The molecule has 0 saturated carbocycles. The number of H-pyrrole nitrogens is 2. The van der Waals surface area contributed by atoms with Crippen LogP contribution in [0, 0.1) is 32.5 Å². The summed E-state index contributed by atoms with van der Waals surface area (Å²) in [5.74, 6) is 5.84. The molecule has 0 bridgehead atoms. The molecule has 7 heterocycles. The fourth-order valence-corrected chi connectivity index (χ4v) is 6.40. The topological polar surface area (TPSA) is 276 Å². The third-order valence-electron chi connectivity index (χ3n) is 8.75. The van der Waals surface area contributed by atoms with Gasteiger partial charge < -0.3 is 23.9 Å². The van der Waals surface area contributed by atoms with Crippen LogP contribution in [0.5, 0.6) is 0 Å². The van der Waals surface area contributed by atoms with Gasteiger partial charge in [0.1, 0.15) is 27.6 Å². The van der Waals surface area contributed by atoms with Gasteiger partial charge in [0.2, 0.25) is 23.6 Å². The number of tetrazole rings is 1. The molecule has 0 radical (unpaired) electrons. The number of carbonyl (C=O) groups is 1. The number of ether oxygens (including phenoxy) is 2. The number of hydrazone groups is 2. The van der Waals surface area contributed by atoms with Crippen molar-refractivity contribution in [1.29, 1.82) is 0 Å². The van der Waals surface area contributed by atoms with Crippen molar-refractivity contribution in [2.24, 2.45) is 57.7 Å². The standard InChI is InChI=1S/3C7H12N2O.2C7H12N2S.C6H10N2OS.C6H12O2.C5H10N4/c1-5-8-9-6(10-5)7(2,3)4;1-5-8-6(9-10-5)7(2,3)4;1-5-8-6(10-9-5)7(2,3)4;1-5-8-9-6(10-5)7(2,3)4;1-5-8-6(10-9-5)7(2,3)4;1-6(2,3)4-7-5(9)10-8-4;1-6(2,3)5(7)8-4;1-5(2,3)4-6-8-9-7-4/h8H,1H2,2-4H3;1H2,2-4H3,(H,8,9);9H,1H2,2-4H3;8H,1H2,2-4H3;9H,1H2,2-4H3;1-3H3,(H,7,8,9);1-4H3;1-3H3,(H,6,7,8,9). The van der Waals surface area contributed by atoms with E-state index in [9.17, 15) is 9.59 Å². The van der Waals surface area contributed by atoms with Crippen molar-refractivity contribution in [3.63, 3.8) is 0 Å². The third-order valence-corrected chi connectivity index (χ3v) is 11.8. The Labute approximate surface area is 471 Å². The van der Waals surface area contributed by atoms with E-state index in [1.807, 2.05) is 104 Å². The fraction of sp³-hybridized carbons (Fsp3) is 0.635. The second kappa shape index (κ2) is 29.1. The lowest BCUT2D eigenvalue weighted by Gasteiger charge is -2.16. The number of aliphatic imine (C=N–C) groups is 3. The summed E-state index contributed by atoms with van der Waals surface area (Å²) in [5.41, 5.74) is 10.6. The second-order valence-electron chi connectivity index (χ2n) is 25.5. The lowest BCUT2D eigenvalue weighted by atomic mass is 9.95. The van der Waals surface area contributed by atoms with Crippen molar-refractivity contribution in [3.05, 3.63) is 82.6 Å². The van der Waals surface area contributed by atoms with E-state index in [4.69, 9.17) is 14.4 Å². The van der Waals surface area contributed by atoms with Crippen molar-refractivity contribution >= 4 is 68.9 Å². The molecule has 77 heavy (non-hydrogen) atoms. The number of thioether (sulfide) groups is 1. The number of hydroxylamine groups is 2. The highest BCUT2D eigenvalue weighted by Crippen LogP contribution is 2.31. The number of esters is 1. The smallest absolute Gasteiger partial charge is 0.323 e. The highest BCUT2D eigenvalue weighted by Gasteiger charge is 2.28. The van der Waals surface area contributed by atoms with Crippen LogP contribution in [0.1, 0.15) is 178 Å². The molecule has 0 aliphatic carbocycles. The van der Waals surface area contributed by atoms with E-state index in [2.05, 4.69) is 182 Å². The van der Waals surface area contributed by atoms with Crippen LogP contribution in [0.25, 0.3) is 0 Å². The molecule has 25 heteroatoms. The minimum atomic E-state index is -0.352. The average molecular weight is 1130 g/mol. The Morgan fingerprint density at radius 1 is 0.597 bits per heavy atom. The van der Waals surface area contributed by atoms with Gasteiger partial charge in [0.05, 0.1) is 17.6 Å². The molecule has 22 nitrogen and oxygen atoms in total. The van der Waals surface area contributed by atoms with E-state index < -0.39 is 0 Å². The first kappa shape index (κ1) is 71.0. The SMILES string of the molecule is C=C1N=C(C(C)(C)C)NO1.C=C1N=C(C(C)(C)C)ON1.C=C1N=C(C(C)(C)C)SN1.C=C1NN=C(C(C)(C)C)O1.C=C1NN=C(C(C)(C)C)S1.CC(C)(C)c1nn[nH]n1.CC(C)(C)c1nsc(=O)[nH]1.COC(=O)C(C)(C)C. The summed E-state index contributed by atoms with van der Waals surface area (Å²) in [6.07, 6.45) is 0. The molecule has 2 aromatic heterocycles. The summed E-state index contributed by atoms with van der Waals surface area (Å²) in [5, 5.41) is 24.7. The van der Waals surface area contributed by atoms with E-state index in [1.165, 1.54) is 7.11 Å². The van der Waals surface area contributed by atoms with Crippen LogP contribution in [0.2, 0.25) is 0 Å². The molecule has 0 fully saturated rings. The predicted octanol–water partition coefficient (Wildman–Crippen LogP) is 11.4. The van der Waals surface area contributed by atoms with Gasteiger partial charge in [0.15, 0.2) is 11.6 Å². The Morgan fingerprint density at radius 3 is 1.34 bits per heavy atom.